The summed E-state index contributed by atoms with van der Waals surface area (Å²) < 4.78 is 13.1. The van der Waals surface area contributed by atoms with Crippen LogP contribution in [0.2, 0.25) is 5.02 Å². The van der Waals surface area contributed by atoms with Gasteiger partial charge >= 0.3 is 0 Å². The number of carbonyl (C=O) groups excluding carboxylic acids is 3. The average Bonchev–Trinajstić information content (AvgIpc) is 3.18. The van der Waals surface area contributed by atoms with E-state index in [-0.39, 0.29) is 27.9 Å². The van der Waals surface area contributed by atoms with Gasteiger partial charge in [-0.05, 0) is 48.9 Å². The van der Waals surface area contributed by atoms with Crippen molar-refractivity contribution < 1.29 is 18.8 Å². The van der Waals surface area contributed by atoms with Crippen LogP contribution in [0.3, 0.4) is 0 Å². The van der Waals surface area contributed by atoms with Crippen LogP contribution in [0.15, 0.2) is 48.8 Å². The van der Waals surface area contributed by atoms with Gasteiger partial charge < -0.3 is 20.5 Å². The number of imidazole rings is 1. The molecule has 3 aromatic rings. The number of nitrogens with one attached hydrogen (secondary N) is 3. The maximum atomic E-state index is 13.1. The summed E-state index contributed by atoms with van der Waals surface area (Å²) in [6.45, 7) is 1.32. The number of likely N-dealkylation sites (tertiary alicyclic amines) is 1. The molecule has 3 N–H and O–H groups in total. The minimum Gasteiger partial charge on any atom is -0.340 e. The minimum absolute atomic E-state index is 0.00367. The smallest absolute Gasteiger partial charge is 0.276 e. The second kappa shape index (κ2) is 8.57. The van der Waals surface area contributed by atoms with Gasteiger partial charge in [-0.2, -0.15) is 0 Å². The molecule has 0 radical (unpaired) electrons. The quantitative estimate of drug-likeness (QED) is 0.562. The summed E-state index contributed by atoms with van der Waals surface area (Å²) in [5, 5.41) is 5.33. The van der Waals surface area contributed by atoms with Crippen LogP contribution in [0.25, 0.3) is 0 Å². The zero-order chi connectivity index (χ0) is 22.0. The number of hydrogen-bond acceptors (Lipinski definition) is 4. The molecule has 0 saturated carbocycles. The molecule has 1 aliphatic rings. The van der Waals surface area contributed by atoms with Gasteiger partial charge in [-0.25, -0.2) is 9.37 Å². The maximum Gasteiger partial charge on any atom is 0.276 e. The van der Waals surface area contributed by atoms with Gasteiger partial charge in [0.2, 0.25) is 0 Å². The molecule has 0 unspecified atom stereocenters. The third kappa shape index (κ3) is 4.41. The lowest BCUT2D eigenvalue weighted by atomic mass is 10.2. The van der Waals surface area contributed by atoms with Crippen molar-refractivity contribution in [1.29, 1.82) is 0 Å². The zero-order valence-corrected chi connectivity index (χ0v) is 16.9. The van der Waals surface area contributed by atoms with E-state index >= 15 is 0 Å². The van der Waals surface area contributed by atoms with Gasteiger partial charge in [0.05, 0.1) is 16.9 Å². The van der Waals surface area contributed by atoms with E-state index in [2.05, 4.69) is 20.6 Å². The fourth-order valence-electron chi connectivity index (χ4n) is 3.01. The average molecular weight is 442 g/mol. The number of halogens is 2. The molecule has 0 spiro atoms. The number of H-pyrrole nitrogens is 1. The number of anilines is 2. The predicted molar refractivity (Wildman–Crippen MR) is 113 cm³/mol. The summed E-state index contributed by atoms with van der Waals surface area (Å²) in [5.41, 5.74) is 1.21. The van der Waals surface area contributed by atoms with Crippen molar-refractivity contribution in [3.63, 3.8) is 0 Å². The lowest BCUT2D eigenvalue weighted by molar-refractivity contribution is 0.0642. The third-order valence-electron chi connectivity index (χ3n) is 4.79. The normalized spacial score (nSPS) is 12.8. The number of hydrogen-bond donors (Lipinski definition) is 3. The fourth-order valence-corrected chi connectivity index (χ4v) is 3.26. The molecule has 158 valence electrons. The molecule has 4 rings (SSSR count). The van der Waals surface area contributed by atoms with E-state index in [0.717, 1.165) is 18.6 Å². The van der Waals surface area contributed by atoms with E-state index in [1.165, 1.54) is 12.4 Å². The topological polar surface area (TPSA) is 107 Å². The number of rotatable bonds is 5. The Morgan fingerprint density at radius 3 is 2.23 bits per heavy atom. The molecular formula is C21H17ClFN5O3. The van der Waals surface area contributed by atoms with Crippen molar-refractivity contribution in [2.75, 3.05) is 23.7 Å². The molecule has 0 atom stereocenters. The number of amides is 3. The van der Waals surface area contributed by atoms with Crippen LogP contribution in [0.4, 0.5) is 15.8 Å². The Hall–Kier alpha value is -3.72. The first-order valence-corrected chi connectivity index (χ1v) is 9.80. The van der Waals surface area contributed by atoms with Crippen molar-refractivity contribution in [3.8, 4) is 0 Å². The third-order valence-corrected chi connectivity index (χ3v) is 5.10. The van der Waals surface area contributed by atoms with Gasteiger partial charge in [0.15, 0.2) is 5.69 Å². The highest BCUT2D eigenvalue weighted by atomic mass is 35.5. The molecule has 2 heterocycles. The second-order valence-electron chi connectivity index (χ2n) is 6.88. The second-order valence-corrected chi connectivity index (χ2v) is 7.29. The highest BCUT2D eigenvalue weighted by molar-refractivity contribution is 6.34. The maximum absolute atomic E-state index is 13.1. The van der Waals surface area contributed by atoms with Crippen LogP contribution in [-0.4, -0.2) is 45.7 Å². The van der Waals surface area contributed by atoms with E-state index in [0.29, 0.717) is 24.5 Å². The van der Waals surface area contributed by atoms with Crippen LogP contribution in [0.1, 0.15) is 37.8 Å². The molecule has 8 nitrogen and oxygen atoms in total. The van der Waals surface area contributed by atoms with E-state index in [1.54, 1.807) is 29.2 Å². The monoisotopic (exact) mass is 441 g/mol. The van der Waals surface area contributed by atoms with Crippen LogP contribution in [0.5, 0.6) is 0 Å². The summed E-state index contributed by atoms with van der Waals surface area (Å²) in [4.78, 5) is 45.6. The molecule has 1 aliphatic heterocycles. The molecule has 1 fully saturated rings. The zero-order valence-electron chi connectivity index (χ0n) is 16.1. The van der Waals surface area contributed by atoms with Gasteiger partial charge in [0, 0.05) is 24.5 Å². The molecule has 1 aromatic heterocycles. The molecule has 0 bridgehead atoms. The van der Waals surface area contributed by atoms with Crippen molar-refractivity contribution in [1.82, 2.24) is 14.9 Å². The Balaban J connectivity index is 1.41. The van der Waals surface area contributed by atoms with E-state index in [1.807, 2.05) is 0 Å². The first kappa shape index (κ1) is 20.5. The Kier molecular flexibility index (Phi) is 5.68. The standard InChI is InChI=1S/C21H17ClFN5O3/c22-16-10-12(23)2-7-15(16)19(29)26-13-3-5-14(6-4-13)27-20(30)17-18(25-11-24-17)21(31)28-8-1-9-28/h2-7,10-11H,1,8-9H2,(H,24,25)(H,26,29)(H,27,30). The summed E-state index contributed by atoms with van der Waals surface area (Å²) in [7, 11) is 0. The Morgan fingerprint density at radius 1 is 1.00 bits per heavy atom. The highest BCUT2D eigenvalue weighted by Crippen LogP contribution is 2.21. The molecular weight excluding hydrogens is 425 g/mol. The lowest BCUT2D eigenvalue weighted by Crippen LogP contribution is -2.42. The lowest BCUT2D eigenvalue weighted by Gasteiger charge is -2.30. The van der Waals surface area contributed by atoms with Crippen LogP contribution >= 0.6 is 11.6 Å². The van der Waals surface area contributed by atoms with Gasteiger partial charge in [0.25, 0.3) is 17.7 Å². The van der Waals surface area contributed by atoms with Crippen LogP contribution in [-0.2, 0) is 0 Å². The van der Waals surface area contributed by atoms with E-state index in [9.17, 15) is 18.8 Å². The van der Waals surface area contributed by atoms with Gasteiger partial charge in [0.1, 0.15) is 11.5 Å². The Bertz CT molecular complexity index is 1160. The van der Waals surface area contributed by atoms with Crippen LogP contribution < -0.4 is 10.6 Å². The molecule has 10 heteroatoms. The molecule has 1 saturated heterocycles. The number of carbonyl (C=O) groups is 3. The fraction of sp³-hybridized carbons (Fsp3) is 0.143. The van der Waals surface area contributed by atoms with Crippen molar-refractivity contribution in [3.05, 3.63) is 76.6 Å². The predicted octanol–water partition coefficient (Wildman–Crippen LogP) is 3.55. The van der Waals surface area contributed by atoms with Crippen molar-refractivity contribution in [2.24, 2.45) is 0 Å². The summed E-state index contributed by atoms with van der Waals surface area (Å²) >= 11 is 5.91. The molecule has 2 aromatic carbocycles. The first-order valence-electron chi connectivity index (χ1n) is 9.43. The number of benzene rings is 2. The highest BCUT2D eigenvalue weighted by Gasteiger charge is 2.27. The number of nitrogens with zero attached hydrogens (tertiary/aromatic N) is 2. The molecule has 31 heavy (non-hydrogen) atoms. The summed E-state index contributed by atoms with van der Waals surface area (Å²) in [6.07, 6.45) is 2.25. The minimum atomic E-state index is -0.534. The Morgan fingerprint density at radius 2 is 1.65 bits per heavy atom. The summed E-state index contributed by atoms with van der Waals surface area (Å²) in [5.74, 6) is -1.81. The molecule has 0 aliphatic carbocycles. The van der Waals surface area contributed by atoms with E-state index in [4.69, 9.17) is 11.6 Å². The Labute approximate surface area is 181 Å². The van der Waals surface area contributed by atoms with E-state index < -0.39 is 17.6 Å². The largest absolute Gasteiger partial charge is 0.340 e. The molecule has 3 amide bonds. The number of aromatic nitrogens is 2. The first-order chi connectivity index (χ1) is 14.9. The van der Waals surface area contributed by atoms with Gasteiger partial charge in [-0.1, -0.05) is 11.6 Å². The summed E-state index contributed by atoms with van der Waals surface area (Å²) in [6, 6.07) is 9.85. The SMILES string of the molecule is O=C(Nc1ccc(NC(=O)c2nc[nH]c2C(=O)N2CCC2)cc1)c1ccc(F)cc1Cl. The van der Waals surface area contributed by atoms with Gasteiger partial charge in [-0.15, -0.1) is 0 Å². The number of aromatic amines is 1. The van der Waals surface area contributed by atoms with Crippen molar-refractivity contribution >= 4 is 40.7 Å². The van der Waals surface area contributed by atoms with Gasteiger partial charge in [-0.3, -0.25) is 14.4 Å². The van der Waals surface area contributed by atoms with Crippen LogP contribution in [0, 0.1) is 5.82 Å². The van der Waals surface area contributed by atoms with Crippen molar-refractivity contribution in [2.45, 2.75) is 6.42 Å².